The first-order valence-corrected chi connectivity index (χ1v) is 3.37. The summed E-state index contributed by atoms with van der Waals surface area (Å²) in [4.78, 5) is 14.7. The fraction of sp³-hybridized carbons (Fsp3) is 0.429. The average Bonchev–Trinajstić information content (AvgIpc) is 2.13. The molecule has 4 heteroatoms. The lowest BCUT2D eigenvalue weighted by molar-refractivity contribution is -0.116. The Labute approximate surface area is 64.7 Å². The molecule has 58 valence electrons. The van der Waals surface area contributed by atoms with Crippen molar-refractivity contribution < 1.29 is 4.79 Å². The Kier molecular flexibility index (Phi) is 2.18. The molecule has 1 amide bonds. The lowest BCUT2D eigenvalue weighted by Gasteiger charge is -2.00. The Morgan fingerprint density at radius 1 is 1.64 bits per heavy atom. The second-order valence-corrected chi connectivity index (χ2v) is 2.52. The Hall–Kier alpha value is -1.41. The smallest absolute Gasteiger partial charge is 0.266 e. The highest BCUT2D eigenvalue weighted by atomic mass is 16.2. The van der Waals surface area contributed by atoms with E-state index >= 15 is 0 Å². The van der Waals surface area contributed by atoms with Crippen LogP contribution < -0.4 is 5.43 Å². The van der Waals surface area contributed by atoms with Crippen LogP contribution in [0.1, 0.15) is 13.8 Å². The van der Waals surface area contributed by atoms with Gasteiger partial charge in [-0.3, -0.25) is 4.79 Å². The summed E-state index contributed by atoms with van der Waals surface area (Å²) < 4.78 is 0. The fourth-order valence-corrected chi connectivity index (χ4v) is 0.657. The zero-order valence-electron chi connectivity index (χ0n) is 6.46. The summed E-state index contributed by atoms with van der Waals surface area (Å²) >= 11 is 0. The molecule has 1 rings (SSSR count). The number of carbonyl (C=O) groups is 1. The van der Waals surface area contributed by atoms with Crippen LogP contribution in [0.4, 0.5) is 0 Å². The van der Waals surface area contributed by atoms with Crippen LogP contribution in [0, 0.1) is 5.92 Å². The topological polar surface area (TPSA) is 53.8 Å². The van der Waals surface area contributed by atoms with E-state index in [9.17, 15) is 4.79 Å². The van der Waals surface area contributed by atoms with E-state index in [0.29, 0.717) is 5.70 Å². The van der Waals surface area contributed by atoms with Crippen molar-refractivity contribution in [3.05, 3.63) is 11.8 Å². The van der Waals surface area contributed by atoms with Crippen molar-refractivity contribution in [2.24, 2.45) is 16.0 Å². The number of hydrazone groups is 1. The minimum atomic E-state index is -0.248. The standard InChI is InChI=1S/C7H9N3O/c1-5(2)6-3-7(11)10-9-4-8-6/h3,5H,1-2H3,(H,10,11). The molecule has 0 aromatic rings. The lowest BCUT2D eigenvalue weighted by Crippen LogP contribution is -2.13. The van der Waals surface area contributed by atoms with Gasteiger partial charge >= 0.3 is 0 Å². The van der Waals surface area contributed by atoms with E-state index < -0.39 is 0 Å². The lowest BCUT2D eigenvalue weighted by atomic mass is 10.1. The number of rotatable bonds is 1. The van der Waals surface area contributed by atoms with Gasteiger partial charge in [-0.1, -0.05) is 13.8 Å². The van der Waals surface area contributed by atoms with E-state index in [1.165, 1.54) is 6.08 Å². The molecule has 1 aliphatic heterocycles. The quantitative estimate of drug-likeness (QED) is 0.590. The van der Waals surface area contributed by atoms with Crippen molar-refractivity contribution in [3.8, 4) is 0 Å². The molecule has 1 N–H and O–H groups in total. The molecule has 0 radical (unpaired) electrons. The van der Waals surface area contributed by atoms with Crippen LogP contribution in [0.3, 0.4) is 0 Å². The number of nitrogens with zero attached hydrogens (tertiary/aromatic N) is 2. The molecule has 0 aromatic carbocycles. The van der Waals surface area contributed by atoms with Crippen LogP contribution in [-0.2, 0) is 4.79 Å². The van der Waals surface area contributed by atoms with Crippen LogP contribution >= 0.6 is 0 Å². The predicted octanol–water partition coefficient (Wildman–Crippen LogP) is 0.745. The first-order valence-electron chi connectivity index (χ1n) is 3.37. The Morgan fingerprint density at radius 2 is 2.36 bits per heavy atom. The first kappa shape index (κ1) is 7.69. The highest BCUT2D eigenvalue weighted by Crippen LogP contribution is 2.10. The van der Waals surface area contributed by atoms with Gasteiger partial charge in [0.05, 0.1) is 5.70 Å². The summed E-state index contributed by atoms with van der Waals surface area (Å²) in [6.07, 6.45) is 1.42. The van der Waals surface area contributed by atoms with Gasteiger partial charge in [0, 0.05) is 6.08 Å². The SMILES string of the molecule is CC(C)C1=CC(=O)NN=C=N1. The molecule has 0 bridgehead atoms. The third-order valence-corrected chi connectivity index (χ3v) is 1.27. The molecule has 0 aliphatic carbocycles. The monoisotopic (exact) mass is 151 g/mol. The number of carbonyl (C=O) groups excluding carboxylic acids is 1. The number of hydrogen-bond donors (Lipinski definition) is 1. The van der Waals surface area contributed by atoms with Gasteiger partial charge in [0.1, 0.15) is 6.01 Å². The molecule has 1 aliphatic rings. The van der Waals surface area contributed by atoms with Crippen LogP contribution in [-0.4, -0.2) is 11.9 Å². The maximum atomic E-state index is 10.8. The zero-order chi connectivity index (χ0) is 8.27. The van der Waals surface area contributed by atoms with Gasteiger partial charge in [0.15, 0.2) is 0 Å². The molecular weight excluding hydrogens is 142 g/mol. The molecule has 1 heterocycles. The molecule has 0 spiro atoms. The number of nitrogens with one attached hydrogen (secondary N) is 1. The number of amides is 1. The summed E-state index contributed by atoms with van der Waals surface area (Å²) in [5, 5.41) is 3.42. The minimum Gasteiger partial charge on any atom is -0.268 e. The number of hydrogen-bond acceptors (Lipinski definition) is 3. The van der Waals surface area contributed by atoms with E-state index in [1.807, 2.05) is 13.8 Å². The molecule has 0 saturated heterocycles. The van der Waals surface area contributed by atoms with E-state index in [2.05, 4.69) is 21.5 Å². The first-order chi connectivity index (χ1) is 5.20. The van der Waals surface area contributed by atoms with Crippen molar-refractivity contribution in [2.75, 3.05) is 0 Å². The predicted molar refractivity (Wildman–Crippen MR) is 40.9 cm³/mol. The van der Waals surface area contributed by atoms with E-state index in [1.54, 1.807) is 0 Å². The van der Waals surface area contributed by atoms with E-state index in [4.69, 9.17) is 0 Å². The summed E-state index contributed by atoms with van der Waals surface area (Å²) in [6, 6.07) is 2.36. The zero-order valence-corrected chi connectivity index (χ0v) is 6.46. The Morgan fingerprint density at radius 3 is 3.00 bits per heavy atom. The largest absolute Gasteiger partial charge is 0.268 e. The molecule has 0 aromatic heterocycles. The van der Waals surface area contributed by atoms with Gasteiger partial charge in [-0.05, 0) is 5.92 Å². The van der Waals surface area contributed by atoms with Gasteiger partial charge in [-0.25, -0.2) is 5.43 Å². The van der Waals surface area contributed by atoms with E-state index in [0.717, 1.165) is 0 Å². The van der Waals surface area contributed by atoms with E-state index in [-0.39, 0.29) is 11.8 Å². The molecule has 4 nitrogen and oxygen atoms in total. The summed E-state index contributed by atoms with van der Waals surface area (Å²) in [5.41, 5.74) is 2.93. The third-order valence-electron chi connectivity index (χ3n) is 1.27. The minimum absolute atomic E-state index is 0.224. The van der Waals surface area contributed by atoms with Crippen molar-refractivity contribution >= 4 is 11.9 Å². The molecule has 0 unspecified atom stereocenters. The van der Waals surface area contributed by atoms with Crippen LogP contribution in [0.15, 0.2) is 21.9 Å². The van der Waals surface area contributed by atoms with Crippen LogP contribution in [0.2, 0.25) is 0 Å². The maximum Gasteiger partial charge on any atom is 0.266 e. The number of aliphatic imine (C=N–C) groups is 1. The normalized spacial score (nSPS) is 16.3. The average molecular weight is 151 g/mol. The van der Waals surface area contributed by atoms with Crippen molar-refractivity contribution in [2.45, 2.75) is 13.8 Å². The highest BCUT2D eigenvalue weighted by Gasteiger charge is 2.05. The fourth-order valence-electron chi connectivity index (χ4n) is 0.657. The van der Waals surface area contributed by atoms with Gasteiger partial charge < -0.3 is 0 Å². The van der Waals surface area contributed by atoms with Crippen molar-refractivity contribution in [1.29, 1.82) is 0 Å². The van der Waals surface area contributed by atoms with Gasteiger partial charge in [0.25, 0.3) is 5.91 Å². The summed E-state index contributed by atoms with van der Waals surface area (Å²) in [7, 11) is 0. The molecular formula is C7H9N3O. The van der Waals surface area contributed by atoms with Gasteiger partial charge in [-0.15, -0.1) is 5.10 Å². The third kappa shape index (κ3) is 2.02. The van der Waals surface area contributed by atoms with Crippen LogP contribution in [0.5, 0.6) is 0 Å². The van der Waals surface area contributed by atoms with Crippen LogP contribution in [0.25, 0.3) is 0 Å². The Balaban J connectivity index is 2.92. The second kappa shape index (κ2) is 3.12. The van der Waals surface area contributed by atoms with Crippen molar-refractivity contribution in [3.63, 3.8) is 0 Å². The molecule has 0 saturated carbocycles. The van der Waals surface area contributed by atoms with Crippen molar-refractivity contribution in [1.82, 2.24) is 5.43 Å². The summed E-state index contributed by atoms with van der Waals surface area (Å²) in [5.74, 6) is -0.0241. The molecule has 11 heavy (non-hydrogen) atoms. The maximum absolute atomic E-state index is 10.8. The Bertz CT molecular complexity index is 259. The highest BCUT2D eigenvalue weighted by molar-refractivity contribution is 5.89. The van der Waals surface area contributed by atoms with Gasteiger partial charge in [0.2, 0.25) is 0 Å². The summed E-state index contributed by atoms with van der Waals surface area (Å²) in [6.45, 7) is 3.91. The number of allylic oxidation sites excluding steroid dienone is 1. The second-order valence-electron chi connectivity index (χ2n) is 2.52. The molecule has 0 fully saturated rings. The van der Waals surface area contributed by atoms with Gasteiger partial charge in [-0.2, -0.15) is 4.99 Å². The molecule has 0 atom stereocenters.